The highest BCUT2D eigenvalue weighted by molar-refractivity contribution is 5.92. The van der Waals surface area contributed by atoms with E-state index in [0.29, 0.717) is 11.3 Å². The maximum atomic E-state index is 12.1. The number of nitrogens with one attached hydrogen (secondary N) is 1. The fraction of sp³-hybridized carbons (Fsp3) is 0.429. The van der Waals surface area contributed by atoms with E-state index in [1.54, 1.807) is 17.0 Å². The second kappa shape index (κ2) is 5.84. The monoisotopic (exact) mass is 261 g/mol. The van der Waals surface area contributed by atoms with Crippen LogP contribution in [0.2, 0.25) is 0 Å². The van der Waals surface area contributed by atoms with Crippen LogP contribution in [0.1, 0.15) is 15.9 Å². The maximum Gasteiger partial charge on any atom is 0.321 e. The van der Waals surface area contributed by atoms with Crippen molar-refractivity contribution < 1.29 is 9.59 Å². The average molecular weight is 261 g/mol. The first-order valence-electron chi connectivity index (χ1n) is 6.41. The molecule has 0 spiro atoms. The zero-order valence-corrected chi connectivity index (χ0v) is 11.3. The van der Waals surface area contributed by atoms with E-state index in [1.807, 2.05) is 20.0 Å². The molecule has 1 aliphatic heterocycles. The minimum absolute atomic E-state index is 0.0979. The highest BCUT2D eigenvalue weighted by atomic mass is 16.2. The third-order valence-corrected chi connectivity index (χ3v) is 3.53. The summed E-state index contributed by atoms with van der Waals surface area (Å²) in [5.41, 5.74) is 2.12. The van der Waals surface area contributed by atoms with Crippen LogP contribution in [0.25, 0.3) is 0 Å². The van der Waals surface area contributed by atoms with Gasteiger partial charge in [-0.2, -0.15) is 0 Å². The Morgan fingerprint density at radius 3 is 2.58 bits per heavy atom. The van der Waals surface area contributed by atoms with E-state index in [1.165, 1.54) is 0 Å². The normalized spacial score (nSPS) is 16.2. The fourth-order valence-electron chi connectivity index (χ4n) is 2.12. The number of hydrogen-bond donors (Lipinski definition) is 1. The van der Waals surface area contributed by atoms with Crippen LogP contribution in [0.15, 0.2) is 18.2 Å². The highest BCUT2D eigenvalue weighted by Gasteiger charge is 2.19. The lowest BCUT2D eigenvalue weighted by molar-refractivity contribution is 0.112. The molecule has 2 amide bonds. The Hall–Kier alpha value is -1.88. The van der Waals surface area contributed by atoms with Crippen LogP contribution < -0.4 is 5.32 Å². The first kappa shape index (κ1) is 13.5. The maximum absolute atomic E-state index is 12.1. The second-order valence-electron chi connectivity index (χ2n) is 4.86. The molecule has 0 aliphatic carbocycles. The second-order valence-corrected chi connectivity index (χ2v) is 4.86. The predicted octanol–water partition coefficient (Wildman–Crippen LogP) is 1.59. The Labute approximate surface area is 113 Å². The van der Waals surface area contributed by atoms with E-state index < -0.39 is 0 Å². The summed E-state index contributed by atoms with van der Waals surface area (Å²) >= 11 is 0. The number of aldehydes is 1. The first-order chi connectivity index (χ1) is 9.11. The third kappa shape index (κ3) is 3.12. The molecule has 1 aromatic rings. The standard InChI is InChI=1S/C14H19N3O2/c1-11-12(10-18)4-3-5-13(11)15-14(19)17-8-6-16(2)7-9-17/h3-5,10H,6-9H2,1-2H3,(H,15,19). The summed E-state index contributed by atoms with van der Waals surface area (Å²) in [6.07, 6.45) is 0.806. The fourth-order valence-corrected chi connectivity index (χ4v) is 2.12. The Balaban J connectivity index is 2.05. The summed E-state index contributed by atoms with van der Waals surface area (Å²) in [7, 11) is 2.05. The number of piperazine rings is 1. The Bertz CT molecular complexity index is 480. The number of nitrogens with zero attached hydrogens (tertiary/aromatic N) is 2. The van der Waals surface area contributed by atoms with Crippen molar-refractivity contribution in [1.29, 1.82) is 0 Å². The van der Waals surface area contributed by atoms with Crippen LogP contribution in [0, 0.1) is 6.92 Å². The molecule has 0 radical (unpaired) electrons. The van der Waals surface area contributed by atoms with Crippen molar-refractivity contribution in [3.63, 3.8) is 0 Å². The van der Waals surface area contributed by atoms with Crippen molar-refractivity contribution >= 4 is 18.0 Å². The Morgan fingerprint density at radius 2 is 1.95 bits per heavy atom. The SMILES string of the molecule is Cc1c(C=O)cccc1NC(=O)N1CCN(C)CC1. The molecule has 2 rings (SSSR count). The molecule has 19 heavy (non-hydrogen) atoms. The van der Waals surface area contributed by atoms with E-state index in [9.17, 15) is 9.59 Å². The molecule has 0 unspecified atom stereocenters. The molecule has 5 nitrogen and oxygen atoms in total. The number of amides is 2. The molecule has 1 heterocycles. The van der Waals surface area contributed by atoms with E-state index in [0.717, 1.165) is 38.0 Å². The van der Waals surface area contributed by atoms with Crippen LogP contribution in [-0.4, -0.2) is 55.3 Å². The summed E-state index contributed by atoms with van der Waals surface area (Å²) in [6, 6.07) is 5.24. The lowest BCUT2D eigenvalue weighted by Crippen LogP contribution is -2.48. The number of anilines is 1. The quantitative estimate of drug-likeness (QED) is 0.822. The largest absolute Gasteiger partial charge is 0.322 e. The zero-order valence-electron chi connectivity index (χ0n) is 11.3. The number of rotatable bonds is 2. The number of carbonyl (C=O) groups excluding carboxylic acids is 2. The van der Waals surface area contributed by atoms with E-state index in [4.69, 9.17) is 0 Å². The first-order valence-corrected chi connectivity index (χ1v) is 6.41. The van der Waals surface area contributed by atoms with Gasteiger partial charge in [0, 0.05) is 37.4 Å². The minimum atomic E-state index is -0.0979. The molecule has 102 valence electrons. The number of likely N-dealkylation sites (N-methyl/N-ethyl adjacent to an activating group) is 1. The van der Waals surface area contributed by atoms with Crippen molar-refractivity contribution in [2.24, 2.45) is 0 Å². The van der Waals surface area contributed by atoms with Crippen LogP contribution in [0.3, 0.4) is 0 Å². The molecule has 1 aromatic carbocycles. The van der Waals surface area contributed by atoms with Crippen molar-refractivity contribution in [3.8, 4) is 0 Å². The lowest BCUT2D eigenvalue weighted by atomic mass is 10.1. The van der Waals surface area contributed by atoms with Crippen LogP contribution >= 0.6 is 0 Å². The van der Waals surface area contributed by atoms with Crippen LogP contribution in [0.4, 0.5) is 10.5 Å². The van der Waals surface area contributed by atoms with Crippen LogP contribution in [0.5, 0.6) is 0 Å². The number of urea groups is 1. The van der Waals surface area contributed by atoms with Gasteiger partial charge in [-0.05, 0) is 25.6 Å². The Kier molecular flexibility index (Phi) is 4.16. The van der Waals surface area contributed by atoms with E-state index in [2.05, 4.69) is 10.2 Å². The molecule has 0 atom stereocenters. The molecule has 5 heteroatoms. The number of hydrogen-bond acceptors (Lipinski definition) is 3. The smallest absolute Gasteiger partial charge is 0.321 e. The van der Waals surface area contributed by atoms with Crippen molar-refractivity contribution in [2.75, 3.05) is 38.5 Å². The van der Waals surface area contributed by atoms with Gasteiger partial charge in [-0.3, -0.25) is 4.79 Å². The molecule has 1 aliphatic rings. The molecule has 0 bridgehead atoms. The molecule has 0 saturated carbocycles. The van der Waals surface area contributed by atoms with Crippen molar-refractivity contribution in [3.05, 3.63) is 29.3 Å². The molecular weight excluding hydrogens is 242 g/mol. The third-order valence-electron chi connectivity index (χ3n) is 3.53. The van der Waals surface area contributed by atoms with Gasteiger partial charge in [0.05, 0.1) is 0 Å². The molecule has 1 N–H and O–H groups in total. The topological polar surface area (TPSA) is 52.7 Å². The number of carbonyl (C=O) groups is 2. The van der Waals surface area contributed by atoms with E-state index in [-0.39, 0.29) is 6.03 Å². The van der Waals surface area contributed by atoms with Gasteiger partial charge in [0.15, 0.2) is 0 Å². The summed E-state index contributed by atoms with van der Waals surface area (Å²) < 4.78 is 0. The molecule has 1 fully saturated rings. The summed E-state index contributed by atoms with van der Waals surface area (Å²) in [4.78, 5) is 27.0. The van der Waals surface area contributed by atoms with Gasteiger partial charge in [-0.15, -0.1) is 0 Å². The van der Waals surface area contributed by atoms with Gasteiger partial charge in [0.25, 0.3) is 0 Å². The van der Waals surface area contributed by atoms with Gasteiger partial charge in [0.2, 0.25) is 0 Å². The van der Waals surface area contributed by atoms with Crippen molar-refractivity contribution in [1.82, 2.24) is 9.80 Å². The minimum Gasteiger partial charge on any atom is -0.322 e. The van der Waals surface area contributed by atoms with Gasteiger partial charge >= 0.3 is 6.03 Å². The lowest BCUT2D eigenvalue weighted by Gasteiger charge is -2.32. The highest BCUT2D eigenvalue weighted by Crippen LogP contribution is 2.18. The number of benzene rings is 1. The molecule has 1 saturated heterocycles. The van der Waals surface area contributed by atoms with Crippen molar-refractivity contribution in [2.45, 2.75) is 6.92 Å². The van der Waals surface area contributed by atoms with Gasteiger partial charge in [0.1, 0.15) is 6.29 Å². The van der Waals surface area contributed by atoms with Gasteiger partial charge in [-0.25, -0.2) is 4.79 Å². The average Bonchev–Trinajstić information content (AvgIpc) is 2.42. The van der Waals surface area contributed by atoms with Gasteiger partial charge < -0.3 is 15.1 Å². The zero-order chi connectivity index (χ0) is 13.8. The summed E-state index contributed by atoms with van der Waals surface area (Å²) in [5.74, 6) is 0. The van der Waals surface area contributed by atoms with E-state index >= 15 is 0 Å². The molecular formula is C14H19N3O2. The summed E-state index contributed by atoms with van der Waals surface area (Å²) in [6.45, 7) is 5.08. The summed E-state index contributed by atoms with van der Waals surface area (Å²) in [5, 5.41) is 2.88. The van der Waals surface area contributed by atoms with Crippen LogP contribution in [-0.2, 0) is 0 Å². The predicted molar refractivity (Wildman–Crippen MR) is 74.7 cm³/mol. The molecule has 0 aromatic heterocycles. The Morgan fingerprint density at radius 1 is 1.26 bits per heavy atom. The van der Waals surface area contributed by atoms with Gasteiger partial charge in [-0.1, -0.05) is 12.1 Å².